The van der Waals surface area contributed by atoms with Crippen LogP contribution in [0.15, 0.2) is 6.20 Å². The number of aromatic nitrogens is 2. The zero-order chi connectivity index (χ0) is 13.3. The summed E-state index contributed by atoms with van der Waals surface area (Å²) in [7, 11) is -3.19. The molecule has 1 aromatic heterocycles. The first kappa shape index (κ1) is 12.9. The predicted octanol–water partition coefficient (Wildman–Crippen LogP) is 0.254. The normalized spacial score (nSPS) is 22.8. The van der Waals surface area contributed by atoms with Gasteiger partial charge < -0.3 is 10.2 Å². The standard InChI is InChI=1S/C10H14N2O5S/c13-8-5-11-12(9(8)10(14)15)6-7-3-1-2-4-18(7,16)17/h5,7,13H,1-4,6H2,(H,14,15). The molecule has 1 atom stereocenters. The lowest BCUT2D eigenvalue weighted by Gasteiger charge is -2.22. The van der Waals surface area contributed by atoms with Crippen molar-refractivity contribution < 1.29 is 23.4 Å². The van der Waals surface area contributed by atoms with Gasteiger partial charge in [0.1, 0.15) is 0 Å². The van der Waals surface area contributed by atoms with Gasteiger partial charge in [-0.15, -0.1) is 0 Å². The number of sulfone groups is 1. The topological polar surface area (TPSA) is 109 Å². The Bertz CT molecular complexity index is 563. The summed E-state index contributed by atoms with van der Waals surface area (Å²) in [6.45, 7) is -0.0233. The molecular weight excluding hydrogens is 260 g/mol. The van der Waals surface area contributed by atoms with E-state index >= 15 is 0 Å². The first-order chi connectivity index (χ1) is 8.42. The number of carboxylic acids is 1. The van der Waals surface area contributed by atoms with Gasteiger partial charge in [0.15, 0.2) is 21.3 Å². The monoisotopic (exact) mass is 274 g/mol. The van der Waals surface area contributed by atoms with E-state index in [2.05, 4.69) is 5.10 Å². The smallest absolute Gasteiger partial charge is 0.358 e. The van der Waals surface area contributed by atoms with Gasteiger partial charge in [-0.3, -0.25) is 4.68 Å². The molecule has 0 spiro atoms. The molecule has 2 heterocycles. The summed E-state index contributed by atoms with van der Waals surface area (Å²) in [6.07, 6.45) is 2.97. The van der Waals surface area contributed by atoms with Crippen molar-refractivity contribution in [3.63, 3.8) is 0 Å². The fraction of sp³-hybridized carbons (Fsp3) is 0.600. The van der Waals surface area contributed by atoms with E-state index in [1.807, 2.05) is 0 Å². The van der Waals surface area contributed by atoms with Crippen LogP contribution < -0.4 is 0 Å². The molecule has 18 heavy (non-hydrogen) atoms. The molecule has 1 unspecified atom stereocenters. The van der Waals surface area contributed by atoms with Gasteiger partial charge in [-0.05, 0) is 12.8 Å². The van der Waals surface area contributed by atoms with Crippen molar-refractivity contribution in [3.8, 4) is 5.75 Å². The minimum Gasteiger partial charge on any atom is -0.504 e. The van der Waals surface area contributed by atoms with Crippen LogP contribution in [0.1, 0.15) is 29.8 Å². The highest BCUT2D eigenvalue weighted by atomic mass is 32.2. The van der Waals surface area contributed by atoms with Crippen LogP contribution in [0.3, 0.4) is 0 Å². The minimum atomic E-state index is -3.19. The molecule has 0 saturated carbocycles. The average Bonchev–Trinajstić information content (AvgIpc) is 2.63. The van der Waals surface area contributed by atoms with E-state index in [0.717, 1.165) is 17.3 Å². The van der Waals surface area contributed by atoms with E-state index in [-0.39, 0.29) is 18.0 Å². The molecule has 100 valence electrons. The summed E-state index contributed by atoms with van der Waals surface area (Å²) < 4.78 is 24.7. The maximum absolute atomic E-state index is 11.8. The van der Waals surface area contributed by atoms with Crippen molar-refractivity contribution in [2.24, 2.45) is 0 Å². The van der Waals surface area contributed by atoms with Crippen LogP contribution in [0.5, 0.6) is 5.75 Å². The average molecular weight is 274 g/mol. The Morgan fingerprint density at radius 2 is 2.22 bits per heavy atom. The largest absolute Gasteiger partial charge is 0.504 e. The molecule has 0 aliphatic carbocycles. The Labute approximate surface area is 104 Å². The molecule has 0 amide bonds. The second-order valence-electron chi connectivity index (χ2n) is 4.35. The van der Waals surface area contributed by atoms with Gasteiger partial charge in [0.2, 0.25) is 0 Å². The minimum absolute atomic E-state index is 0.0233. The molecule has 1 fully saturated rings. The van der Waals surface area contributed by atoms with Crippen LogP contribution >= 0.6 is 0 Å². The second-order valence-corrected chi connectivity index (χ2v) is 6.75. The van der Waals surface area contributed by atoms with Crippen LogP contribution in [-0.4, -0.2) is 45.4 Å². The summed E-state index contributed by atoms with van der Waals surface area (Å²) in [6, 6.07) is 0. The fourth-order valence-corrected chi connectivity index (χ4v) is 3.99. The lowest BCUT2D eigenvalue weighted by Crippen LogP contribution is -2.33. The molecule has 0 bridgehead atoms. The second kappa shape index (κ2) is 4.60. The quantitative estimate of drug-likeness (QED) is 0.817. The molecule has 2 rings (SSSR count). The summed E-state index contributed by atoms with van der Waals surface area (Å²) in [5, 5.41) is 21.4. The van der Waals surface area contributed by atoms with Crippen molar-refractivity contribution >= 4 is 15.8 Å². The number of hydrogen-bond acceptors (Lipinski definition) is 5. The van der Waals surface area contributed by atoms with Crippen LogP contribution in [0.25, 0.3) is 0 Å². The number of rotatable bonds is 3. The number of nitrogens with zero attached hydrogens (tertiary/aromatic N) is 2. The van der Waals surface area contributed by atoms with Gasteiger partial charge in [-0.25, -0.2) is 13.2 Å². The third kappa shape index (κ3) is 2.33. The maximum atomic E-state index is 11.8. The fourth-order valence-electron chi connectivity index (χ4n) is 2.15. The number of aromatic carboxylic acids is 1. The first-order valence-corrected chi connectivity index (χ1v) is 7.33. The van der Waals surface area contributed by atoms with E-state index in [9.17, 15) is 18.3 Å². The summed E-state index contributed by atoms with van der Waals surface area (Å²) >= 11 is 0. The number of carbonyl (C=O) groups is 1. The number of aromatic hydroxyl groups is 1. The van der Waals surface area contributed by atoms with Crippen LogP contribution in [0.2, 0.25) is 0 Å². The summed E-state index contributed by atoms with van der Waals surface area (Å²) in [5.41, 5.74) is -0.365. The van der Waals surface area contributed by atoms with Gasteiger partial charge in [-0.2, -0.15) is 5.10 Å². The van der Waals surface area contributed by atoms with Crippen molar-refractivity contribution in [2.45, 2.75) is 31.1 Å². The molecule has 1 aliphatic rings. The van der Waals surface area contributed by atoms with Crippen LogP contribution in [0.4, 0.5) is 0 Å². The maximum Gasteiger partial charge on any atom is 0.358 e. The van der Waals surface area contributed by atoms with Crippen LogP contribution in [0, 0.1) is 0 Å². The van der Waals surface area contributed by atoms with Gasteiger partial charge in [-0.1, -0.05) is 6.42 Å². The van der Waals surface area contributed by atoms with Crippen molar-refractivity contribution in [3.05, 3.63) is 11.9 Å². The van der Waals surface area contributed by atoms with E-state index in [1.54, 1.807) is 0 Å². The van der Waals surface area contributed by atoms with E-state index < -0.39 is 26.8 Å². The molecule has 1 aromatic rings. The highest BCUT2D eigenvalue weighted by molar-refractivity contribution is 7.92. The Hall–Kier alpha value is -1.57. The Kier molecular flexibility index (Phi) is 3.29. The highest BCUT2D eigenvalue weighted by Gasteiger charge is 2.31. The summed E-state index contributed by atoms with van der Waals surface area (Å²) in [5.74, 6) is -1.64. The lowest BCUT2D eigenvalue weighted by molar-refractivity contribution is 0.0679. The Balaban J connectivity index is 2.26. The predicted molar refractivity (Wildman–Crippen MR) is 62.3 cm³/mol. The molecule has 8 heteroatoms. The van der Waals surface area contributed by atoms with Gasteiger partial charge in [0, 0.05) is 0 Å². The van der Waals surface area contributed by atoms with Gasteiger partial charge >= 0.3 is 5.97 Å². The number of hydrogen-bond donors (Lipinski definition) is 2. The third-order valence-electron chi connectivity index (χ3n) is 3.11. The third-order valence-corrected chi connectivity index (χ3v) is 5.37. The van der Waals surface area contributed by atoms with E-state index in [4.69, 9.17) is 5.11 Å². The molecular formula is C10H14N2O5S. The van der Waals surface area contributed by atoms with Gasteiger partial charge in [0.05, 0.1) is 23.7 Å². The van der Waals surface area contributed by atoms with Crippen LogP contribution in [-0.2, 0) is 16.4 Å². The zero-order valence-electron chi connectivity index (χ0n) is 9.61. The molecule has 0 aromatic carbocycles. The summed E-state index contributed by atoms with van der Waals surface area (Å²) in [4.78, 5) is 10.9. The first-order valence-electron chi connectivity index (χ1n) is 5.61. The van der Waals surface area contributed by atoms with E-state index in [0.29, 0.717) is 12.8 Å². The van der Waals surface area contributed by atoms with Crippen molar-refractivity contribution in [1.82, 2.24) is 9.78 Å². The Morgan fingerprint density at radius 1 is 1.50 bits per heavy atom. The zero-order valence-corrected chi connectivity index (χ0v) is 10.4. The molecule has 1 aliphatic heterocycles. The lowest BCUT2D eigenvalue weighted by atomic mass is 10.2. The SMILES string of the molecule is O=C(O)c1c(O)cnn1CC1CCCCS1(=O)=O. The molecule has 1 saturated heterocycles. The van der Waals surface area contributed by atoms with Crippen molar-refractivity contribution in [2.75, 3.05) is 5.75 Å². The Morgan fingerprint density at radius 3 is 2.83 bits per heavy atom. The van der Waals surface area contributed by atoms with Gasteiger partial charge in [0.25, 0.3) is 0 Å². The molecule has 2 N–H and O–H groups in total. The number of carboxylic acid groups (broad SMARTS) is 1. The van der Waals surface area contributed by atoms with Crippen molar-refractivity contribution in [1.29, 1.82) is 0 Å². The molecule has 7 nitrogen and oxygen atoms in total. The highest BCUT2D eigenvalue weighted by Crippen LogP contribution is 2.23. The molecule has 0 radical (unpaired) electrons. The van der Waals surface area contributed by atoms with E-state index in [1.165, 1.54) is 0 Å².